The molecule has 1 saturated heterocycles. The third-order valence-corrected chi connectivity index (χ3v) is 5.33. The Bertz CT molecular complexity index is 447. The zero-order valence-electron chi connectivity index (χ0n) is 12.2. The summed E-state index contributed by atoms with van der Waals surface area (Å²) in [5.41, 5.74) is -0.0299. The molecule has 0 aromatic carbocycles. The maximum atomic E-state index is 12.4. The maximum Gasteiger partial charge on any atom is 0.236 e. The molecule has 2 unspecified atom stereocenters. The first-order valence-electron chi connectivity index (χ1n) is 6.74. The average molecular weight is 288 g/mol. The van der Waals surface area contributed by atoms with Crippen LogP contribution in [0.3, 0.4) is 0 Å². The van der Waals surface area contributed by atoms with E-state index in [2.05, 4.69) is 4.99 Å². The Labute approximate surface area is 116 Å². The van der Waals surface area contributed by atoms with Gasteiger partial charge in [0.2, 0.25) is 16.1 Å². The zero-order valence-corrected chi connectivity index (χ0v) is 13.0. The van der Waals surface area contributed by atoms with Crippen LogP contribution in [0.15, 0.2) is 4.99 Å². The average Bonchev–Trinajstić information content (AvgIpc) is 2.29. The highest BCUT2D eigenvalue weighted by molar-refractivity contribution is 7.89. The third-order valence-electron chi connectivity index (χ3n) is 3.49. The minimum atomic E-state index is -3.36. The minimum Gasteiger partial charge on any atom is -0.212 e. The van der Waals surface area contributed by atoms with E-state index < -0.39 is 16.2 Å². The normalized spacial score (nSPS) is 25.9. The van der Waals surface area contributed by atoms with Crippen molar-refractivity contribution in [2.24, 2.45) is 16.3 Å². The molecular formula is C13H24N2O3S. The van der Waals surface area contributed by atoms with Gasteiger partial charge in [-0.1, -0.05) is 27.7 Å². The van der Waals surface area contributed by atoms with Gasteiger partial charge in [-0.25, -0.2) is 13.2 Å². The van der Waals surface area contributed by atoms with Gasteiger partial charge in [0.05, 0.1) is 5.75 Å². The molecule has 19 heavy (non-hydrogen) atoms. The van der Waals surface area contributed by atoms with Crippen LogP contribution in [0, 0.1) is 11.3 Å². The van der Waals surface area contributed by atoms with Crippen LogP contribution >= 0.6 is 0 Å². The Morgan fingerprint density at radius 1 is 1.37 bits per heavy atom. The van der Waals surface area contributed by atoms with Gasteiger partial charge in [0.1, 0.15) is 6.17 Å². The van der Waals surface area contributed by atoms with Crippen LogP contribution in [0.4, 0.5) is 0 Å². The van der Waals surface area contributed by atoms with Crippen molar-refractivity contribution in [1.82, 2.24) is 4.31 Å². The number of nitrogens with zero attached hydrogens (tertiary/aromatic N) is 2. The lowest BCUT2D eigenvalue weighted by atomic mass is 9.94. The largest absolute Gasteiger partial charge is 0.236 e. The van der Waals surface area contributed by atoms with Crippen molar-refractivity contribution in [3.8, 4) is 0 Å². The van der Waals surface area contributed by atoms with E-state index in [4.69, 9.17) is 0 Å². The van der Waals surface area contributed by atoms with Crippen LogP contribution in [-0.4, -0.2) is 37.3 Å². The third kappa shape index (κ3) is 4.71. The lowest BCUT2D eigenvalue weighted by molar-refractivity contribution is 0.193. The van der Waals surface area contributed by atoms with Gasteiger partial charge in [-0.2, -0.15) is 9.30 Å². The smallest absolute Gasteiger partial charge is 0.212 e. The number of sulfonamides is 1. The molecule has 0 aromatic rings. The maximum absolute atomic E-state index is 12.4. The molecule has 1 fully saturated rings. The molecule has 0 bridgehead atoms. The molecule has 0 radical (unpaired) electrons. The van der Waals surface area contributed by atoms with Crippen LogP contribution in [0.1, 0.15) is 47.0 Å². The Morgan fingerprint density at radius 3 is 2.53 bits per heavy atom. The fraction of sp³-hybridized carbons (Fsp3) is 0.923. The first-order chi connectivity index (χ1) is 8.67. The molecule has 6 heteroatoms. The molecule has 1 rings (SSSR count). The van der Waals surface area contributed by atoms with Gasteiger partial charge in [-0.05, 0) is 30.6 Å². The van der Waals surface area contributed by atoms with Gasteiger partial charge >= 0.3 is 0 Å². The highest BCUT2D eigenvalue weighted by atomic mass is 32.2. The number of rotatable bonds is 4. The molecule has 0 saturated carbocycles. The van der Waals surface area contributed by atoms with E-state index in [-0.39, 0.29) is 17.1 Å². The fourth-order valence-corrected chi connectivity index (χ4v) is 4.33. The number of hydrogen-bond donors (Lipinski definition) is 0. The Balaban J connectivity index is 2.87. The molecule has 5 nitrogen and oxygen atoms in total. The molecule has 0 aromatic heterocycles. The molecule has 0 aliphatic carbocycles. The second-order valence-electron chi connectivity index (χ2n) is 6.49. The molecule has 0 N–H and O–H groups in total. The summed E-state index contributed by atoms with van der Waals surface area (Å²) in [5, 5.41) is 0. The molecule has 0 amide bonds. The predicted molar refractivity (Wildman–Crippen MR) is 74.9 cm³/mol. The van der Waals surface area contributed by atoms with E-state index in [0.29, 0.717) is 13.0 Å². The summed E-state index contributed by atoms with van der Waals surface area (Å²) in [4.78, 5) is 14.2. The molecule has 1 aliphatic heterocycles. The topological polar surface area (TPSA) is 66.8 Å². The van der Waals surface area contributed by atoms with Crippen molar-refractivity contribution >= 4 is 16.1 Å². The number of hydrogen-bond acceptors (Lipinski definition) is 4. The molecular weight excluding hydrogens is 264 g/mol. The van der Waals surface area contributed by atoms with E-state index in [1.54, 1.807) is 0 Å². The summed E-state index contributed by atoms with van der Waals surface area (Å²) in [6.07, 6.45) is 3.24. The van der Waals surface area contributed by atoms with Crippen molar-refractivity contribution in [3.63, 3.8) is 0 Å². The summed E-state index contributed by atoms with van der Waals surface area (Å²) in [6, 6.07) is 0. The number of isocyanates is 1. The first kappa shape index (κ1) is 16.3. The second kappa shape index (κ2) is 6.16. The number of carbonyl (C=O) groups excluding carboxylic acids is 1. The van der Waals surface area contributed by atoms with E-state index >= 15 is 0 Å². The summed E-state index contributed by atoms with van der Waals surface area (Å²) < 4.78 is 26.2. The molecule has 2 atom stereocenters. The van der Waals surface area contributed by atoms with Gasteiger partial charge in [0.25, 0.3) is 0 Å². The van der Waals surface area contributed by atoms with E-state index in [1.807, 2.05) is 27.7 Å². The van der Waals surface area contributed by atoms with Gasteiger partial charge in [-0.15, -0.1) is 0 Å². The predicted octanol–water partition coefficient (Wildman–Crippen LogP) is 2.15. The summed E-state index contributed by atoms with van der Waals surface area (Å²) in [7, 11) is -3.36. The Morgan fingerprint density at radius 2 is 2.00 bits per heavy atom. The Hall–Kier alpha value is -0.710. The van der Waals surface area contributed by atoms with Crippen molar-refractivity contribution in [2.45, 2.75) is 53.1 Å². The highest BCUT2D eigenvalue weighted by Crippen LogP contribution is 2.28. The van der Waals surface area contributed by atoms with Crippen LogP contribution < -0.4 is 0 Å². The van der Waals surface area contributed by atoms with E-state index in [1.165, 1.54) is 10.4 Å². The van der Waals surface area contributed by atoms with E-state index in [0.717, 1.165) is 12.8 Å². The Kier molecular flexibility index (Phi) is 5.30. The molecule has 0 spiro atoms. The molecule has 1 heterocycles. The summed E-state index contributed by atoms with van der Waals surface area (Å²) in [5.74, 6) is 0.174. The number of piperidine rings is 1. The molecule has 110 valence electrons. The van der Waals surface area contributed by atoms with Gasteiger partial charge in [-0.3, -0.25) is 0 Å². The van der Waals surface area contributed by atoms with Gasteiger partial charge < -0.3 is 0 Å². The standard InChI is InChI=1S/C13H24N2O3S/c1-11-6-5-8-15(12(11)14-10-16)19(17,18)9-7-13(2,3)4/h11-12H,5-9H2,1-4H3. The van der Waals surface area contributed by atoms with Crippen LogP contribution in [-0.2, 0) is 14.8 Å². The van der Waals surface area contributed by atoms with Crippen molar-refractivity contribution < 1.29 is 13.2 Å². The monoisotopic (exact) mass is 288 g/mol. The lowest BCUT2D eigenvalue weighted by Crippen LogP contribution is -2.47. The second-order valence-corrected chi connectivity index (χ2v) is 8.53. The van der Waals surface area contributed by atoms with Crippen LogP contribution in [0.2, 0.25) is 0 Å². The SMILES string of the molecule is CC1CCCN(S(=O)(=O)CCC(C)(C)C)C1N=C=O. The van der Waals surface area contributed by atoms with Gasteiger partial charge in [0, 0.05) is 6.54 Å². The first-order valence-corrected chi connectivity index (χ1v) is 8.35. The number of aliphatic imine (C=N–C) groups is 1. The summed E-state index contributed by atoms with van der Waals surface area (Å²) >= 11 is 0. The van der Waals surface area contributed by atoms with Crippen molar-refractivity contribution in [3.05, 3.63) is 0 Å². The fourth-order valence-electron chi connectivity index (χ4n) is 2.24. The lowest BCUT2D eigenvalue weighted by Gasteiger charge is -2.36. The van der Waals surface area contributed by atoms with Gasteiger partial charge in [0.15, 0.2) is 0 Å². The minimum absolute atomic E-state index is 0.0299. The van der Waals surface area contributed by atoms with Crippen LogP contribution in [0.5, 0.6) is 0 Å². The molecule has 1 aliphatic rings. The van der Waals surface area contributed by atoms with Crippen molar-refractivity contribution in [1.29, 1.82) is 0 Å². The van der Waals surface area contributed by atoms with Crippen molar-refractivity contribution in [2.75, 3.05) is 12.3 Å². The summed E-state index contributed by atoms with van der Waals surface area (Å²) in [6.45, 7) is 8.43. The van der Waals surface area contributed by atoms with Crippen LogP contribution in [0.25, 0.3) is 0 Å². The zero-order chi connectivity index (χ0) is 14.7. The quantitative estimate of drug-likeness (QED) is 0.588. The van der Waals surface area contributed by atoms with E-state index in [9.17, 15) is 13.2 Å². The highest BCUT2D eigenvalue weighted by Gasteiger charge is 2.36.